The molecule has 2 heterocycles. The summed E-state index contributed by atoms with van der Waals surface area (Å²) in [5.41, 5.74) is 9.63. The molecule has 2 aromatic carbocycles. The third-order valence-electron chi connectivity index (χ3n) is 5.73. The summed E-state index contributed by atoms with van der Waals surface area (Å²) in [7, 11) is 0. The van der Waals surface area contributed by atoms with Crippen LogP contribution in [-0.4, -0.2) is 18.0 Å². The van der Waals surface area contributed by atoms with Crippen molar-refractivity contribution >= 4 is 22.5 Å². The molecule has 0 saturated carbocycles. The molecule has 0 radical (unpaired) electrons. The minimum atomic E-state index is 0.0163. The van der Waals surface area contributed by atoms with E-state index in [1.54, 1.807) is 12.2 Å². The number of carbonyl (C=O) groups excluding carboxylic acids is 1. The van der Waals surface area contributed by atoms with E-state index in [9.17, 15) is 4.79 Å². The van der Waals surface area contributed by atoms with Crippen molar-refractivity contribution in [3.63, 3.8) is 0 Å². The molecule has 0 spiro atoms. The summed E-state index contributed by atoms with van der Waals surface area (Å²) >= 11 is 0. The zero-order chi connectivity index (χ0) is 18.0. The first kappa shape index (κ1) is 14.9. The zero-order valence-electron chi connectivity index (χ0n) is 14.6. The van der Waals surface area contributed by atoms with E-state index in [0.717, 1.165) is 5.57 Å². The second-order valence-electron chi connectivity index (χ2n) is 7.18. The Morgan fingerprint density at radius 2 is 1.11 bits per heavy atom. The van der Waals surface area contributed by atoms with Crippen LogP contribution in [0.25, 0.3) is 16.7 Å². The Kier molecular flexibility index (Phi) is 2.97. The van der Waals surface area contributed by atoms with Crippen LogP contribution in [0.4, 0.5) is 0 Å². The lowest BCUT2D eigenvalue weighted by atomic mass is 9.87. The highest BCUT2D eigenvalue weighted by atomic mass is 16.5. The van der Waals surface area contributed by atoms with Gasteiger partial charge in [-0.1, -0.05) is 72.8 Å². The molecular weight excluding hydrogens is 332 g/mol. The number of carbonyl (C=O) groups is 1. The minimum Gasteiger partial charge on any atom is -0.357 e. The Morgan fingerprint density at radius 3 is 1.63 bits per heavy atom. The molecule has 2 atom stereocenters. The minimum absolute atomic E-state index is 0.0163. The fraction of sp³-hybridized carbons (Fsp3) is 0.0800. The summed E-state index contributed by atoms with van der Waals surface area (Å²) in [6, 6.07) is 17.1. The molecule has 2 aliphatic heterocycles. The van der Waals surface area contributed by atoms with E-state index in [1.807, 2.05) is 12.2 Å². The smallest absolute Gasteiger partial charge is 0.178 e. The summed E-state index contributed by atoms with van der Waals surface area (Å²) in [5.74, 6) is 0.0332. The van der Waals surface area contributed by atoms with E-state index < -0.39 is 0 Å². The van der Waals surface area contributed by atoms with Gasteiger partial charge in [-0.2, -0.15) is 0 Å². The van der Waals surface area contributed by atoms with Crippen LogP contribution >= 0.6 is 0 Å². The second-order valence-corrected chi connectivity index (χ2v) is 7.18. The lowest BCUT2D eigenvalue weighted by Gasteiger charge is -2.18. The number of allylic oxidation sites excluding steroid dienone is 5. The molecular formula is C25H16O2. The first-order valence-corrected chi connectivity index (χ1v) is 9.23. The standard InChI is InChI=1S/C25H16O2/c26-16-11-9-15(10-12-16)23-17-5-1-3-7-19(17)24-21-13-14-22(27-21)25(24)20-8-4-2-6-18(20)23/h1-14,21-22H. The number of hydrogen-bond donors (Lipinski definition) is 0. The lowest BCUT2D eigenvalue weighted by molar-refractivity contribution is -0.110. The van der Waals surface area contributed by atoms with Gasteiger partial charge in [0.25, 0.3) is 0 Å². The van der Waals surface area contributed by atoms with E-state index in [2.05, 4.69) is 60.7 Å². The maximum atomic E-state index is 11.7. The van der Waals surface area contributed by atoms with Crippen LogP contribution in [0.1, 0.15) is 22.3 Å². The number of fused-ring (bicyclic) bond motifs is 8. The van der Waals surface area contributed by atoms with Crippen molar-refractivity contribution in [1.82, 2.24) is 0 Å². The molecule has 2 heteroatoms. The van der Waals surface area contributed by atoms with Crippen molar-refractivity contribution in [2.75, 3.05) is 0 Å². The topological polar surface area (TPSA) is 26.3 Å². The Labute approximate surface area is 157 Å². The molecule has 6 rings (SSSR count). The Hall–Kier alpha value is -3.23. The maximum Gasteiger partial charge on any atom is 0.178 e. The molecule has 2 aromatic rings. The highest BCUT2D eigenvalue weighted by Gasteiger charge is 2.41. The molecule has 2 bridgehead atoms. The number of ether oxygens (including phenoxy) is 1. The highest BCUT2D eigenvalue weighted by Crippen LogP contribution is 2.51. The van der Waals surface area contributed by atoms with Crippen molar-refractivity contribution in [3.05, 3.63) is 113 Å². The summed E-state index contributed by atoms with van der Waals surface area (Å²) in [4.78, 5) is 11.7. The quantitative estimate of drug-likeness (QED) is 0.643. The van der Waals surface area contributed by atoms with Crippen molar-refractivity contribution in [2.24, 2.45) is 0 Å². The van der Waals surface area contributed by atoms with E-state index in [-0.39, 0.29) is 18.0 Å². The van der Waals surface area contributed by atoms with Gasteiger partial charge in [0.15, 0.2) is 5.78 Å². The monoisotopic (exact) mass is 348 g/mol. The van der Waals surface area contributed by atoms with E-state index in [0.29, 0.717) is 0 Å². The number of rotatable bonds is 0. The predicted molar refractivity (Wildman–Crippen MR) is 107 cm³/mol. The van der Waals surface area contributed by atoms with Crippen LogP contribution in [0, 0.1) is 0 Å². The van der Waals surface area contributed by atoms with Gasteiger partial charge in [0, 0.05) is 0 Å². The normalized spacial score (nSPS) is 24.2. The molecule has 4 aliphatic rings. The molecule has 0 amide bonds. The third-order valence-corrected chi connectivity index (χ3v) is 5.73. The van der Waals surface area contributed by atoms with E-state index >= 15 is 0 Å². The van der Waals surface area contributed by atoms with Crippen molar-refractivity contribution in [3.8, 4) is 0 Å². The molecule has 2 unspecified atom stereocenters. The van der Waals surface area contributed by atoms with E-state index in [4.69, 9.17) is 4.74 Å². The SMILES string of the molecule is O=C1C=CC(=C2c3ccccc3C3=C(c4ccccc42)C2C=CC3O2)C=C1. The van der Waals surface area contributed by atoms with Crippen LogP contribution < -0.4 is 0 Å². The van der Waals surface area contributed by atoms with Gasteiger partial charge in [0.05, 0.1) is 0 Å². The summed E-state index contributed by atoms with van der Waals surface area (Å²) in [6.45, 7) is 0. The Balaban J connectivity index is 1.75. The van der Waals surface area contributed by atoms with Gasteiger partial charge in [-0.15, -0.1) is 0 Å². The average Bonchev–Trinajstić information content (AvgIpc) is 3.29. The fourth-order valence-electron chi connectivity index (χ4n) is 4.63. The summed E-state index contributed by atoms with van der Waals surface area (Å²) in [5, 5.41) is 0. The van der Waals surface area contributed by atoms with Crippen molar-refractivity contribution in [1.29, 1.82) is 0 Å². The van der Waals surface area contributed by atoms with Gasteiger partial charge in [-0.25, -0.2) is 0 Å². The van der Waals surface area contributed by atoms with Crippen LogP contribution in [-0.2, 0) is 9.53 Å². The molecule has 2 aliphatic carbocycles. The predicted octanol–water partition coefficient (Wildman–Crippen LogP) is 4.75. The Morgan fingerprint density at radius 1 is 0.630 bits per heavy atom. The molecule has 0 N–H and O–H groups in total. The van der Waals surface area contributed by atoms with Crippen LogP contribution in [0.15, 0.2) is 90.6 Å². The fourth-order valence-corrected chi connectivity index (χ4v) is 4.63. The highest BCUT2D eigenvalue weighted by molar-refractivity contribution is 6.10. The van der Waals surface area contributed by atoms with Gasteiger partial charge < -0.3 is 4.74 Å². The number of ketones is 1. The van der Waals surface area contributed by atoms with Gasteiger partial charge in [0.2, 0.25) is 0 Å². The first-order chi connectivity index (χ1) is 13.3. The summed E-state index contributed by atoms with van der Waals surface area (Å²) in [6.07, 6.45) is 11.5. The Bertz CT molecular complexity index is 1080. The lowest BCUT2D eigenvalue weighted by Crippen LogP contribution is -2.06. The van der Waals surface area contributed by atoms with Crippen molar-refractivity contribution < 1.29 is 9.53 Å². The molecule has 0 saturated heterocycles. The second kappa shape index (κ2) is 5.38. The molecule has 2 nitrogen and oxygen atoms in total. The third kappa shape index (κ3) is 2.02. The van der Waals surface area contributed by atoms with Gasteiger partial charge in [-0.3, -0.25) is 4.79 Å². The van der Waals surface area contributed by atoms with Crippen LogP contribution in [0.5, 0.6) is 0 Å². The zero-order valence-corrected chi connectivity index (χ0v) is 14.6. The molecule has 128 valence electrons. The molecule has 27 heavy (non-hydrogen) atoms. The maximum absolute atomic E-state index is 11.7. The van der Waals surface area contributed by atoms with Gasteiger partial charge >= 0.3 is 0 Å². The first-order valence-electron chi connectivity index (χ1n) is 9.23. The number of benzene rings is 2. The number of hydrogen-bond acceptors (Lipinski definition) is 2. The van der Waals surface area contributed by atoms with E-state index in [1.165, 1.54) is 39.0 Å². The largest absolute Gasteiger partial charge is 0.357 e. The van der Waals surface area contributed by atoms with Gasteiger partial charge in [0.1, 0.15) is 12.2 Å². The van der Waals surface area contributed by atoms with Crippen LogP contribution in [0.2, 0.25) is 0 Å². The summed E-state index contributed by atoms with van der Waals surface area (Å²) < 4.78 is 6.21. The van der Waals surface area contributed by atoms with Crippen LogP contribution in [0.3, 0.4) is 0 Å². The van der Waals surface area contributed by atoms with Crippen molar-refractivity contribution in [2.45, 2.75) is 12.2 Å². The average molecular weight is 348 g/mol. The molecule has 0 aromatic heterocycles. The molecule has 0 fully saturated rings. The van der Waals surface area contributed by atoms with Gasteiger partial charge in [-0.05, 0) is 56.7 Å².